The molecule has 0 aliphatic carbocycles. The fraction of sp³-hybridized carbons (Fsp3) is 0.960. The van der Waals surface area contributed by atoms with Crippen LogP contribution in [0.15, 0.2) is 0 Å². The lowest BCUT2D eigenvalue weighted by Crippen LogP contribution is -2.29. The second kappa shape index (κ2) is 24.6. The number of methoxy groups -OCH3 is 1. The molecule has 0 amide bonds. The number of nitrogens with zero attached hydrogens (tertiary/aromatic N) is 1. The summed E-state index contributed by atoms with van der Waals surface area (Å²) in [5, 5.41) is 9.23. The Labute approximate surface area is 186 Å². The van der Waals surface area contributed by atoms with E-state index in [1.54, 1.807) is 7.11 Å². The molecule has 0 bridgehead atoms. The van der Waals surface area contributed by atoms with Crippen LogP contribution in [0.1, 0.15) is 110 Å². The monoisotopic (exact) mass is 429 g/mol. The number of hydrogen-bond donors (Lipinski definition) is 1. The maximum absolute atomic E-state index is 11.8. The number of hydrogen-bond acceptors (Lipinski definition) is 5. The molecular weight excluding hydrogens is 378 g/mol. The van der Waals surface area contributed by atoms with Crippen LogP contribution in [0.4, 0.5) is 0 Å². The van der Waals surface area contributed by atoms with Crippen LogP contribution in [-0.4, -0.2) is 62.5 Å². The molecular formula is C25H51NO4. The number of rotatable bonds is 24. The third kappa shape index (κ3) is 22.0. The zero-order chi connectivity index (χ0) is 22.1. The van der Waals surface area contributed by atoms with Crippen LogP contribution in [-0.2, 0) is 14.3 Å². The first kappa shape index (κ1) is 29.4. The summed E-state index contributed by atoms with van der Waals surface area (Å²) in [5.74, 6) is -0.0245. The number of aliphatic hydroxyl groups is 1. The Hall–Kier alpha value is -0.650. The van der Waals surface area contributed by atoms with Crippen molar-refractivity contribution in [2.24, 2.45) is 0 Å². The lowest BCUT2D eigenvalue weighted by atomic mass is 10.1. The normalized spacial score (nSPS) is 11.3. The summed E-state index contributed by atoms with van der Waals surface area (Å²) in [6, 6.07) is 0. The molecule has 0 radical (unpaired) electrons. The van der Waals surface area contributed by atoms with E-state index in [0.717, 1.165) is 51.9 Å². The van der Waals surface area contributed by atoms with Gasteiger partial charge >= 0.3 is 5.97 Å². The molecule has 0 atom stereocenters. The van der Waals surface area contributed by atoms with Crippen LogP contribution in [0.5, 0.6) is 0 Å². The van der Waals surface area contributed by atoms with E-state index in [2.05, 4.69) is 11.8 Å². The number of aliphatic hydroxyl groups excluding tert-OH is 1. The molecule has 0 aliphatic heterocycles. The first-order valence-corrected chi connectivity index (χ1v) is 12.7. The molecule has 0 spiro atoms. The van der Waals surface area contributed by atoms with E-state index in [1.165, 1.54) is 70.6 Å². The molecule has 0 heterocycles. The zero-order valence-corrected chi connectivity index (χ0v) is 20.2. The van der Waals surface area contributed by atoms with Crippen LogP contribution in [0.3, 0.4) is 0 Å². The van der Waals surface area contributed by atoms with Crippen LogP contribution < -0.4 is 0 Å². The quantitative estimate of drug-likeness (QED) is 0.157. The van der Waals surface area contributed by atoms with Gasteiger partial charge in [-0.15, -0.1) is 0 Å². The Kier molecular flexibility index (Phi) is 24.1. The Morgan fingerprint density at radius 3 is 1.87 bits per heavy atom. The van der Waals surface area contributed by atoms with Crippen molar-refractivity contribution in [1.29, 1.82) is 0 Å². The second-order valence-electron chi connectivity index (χ2n) is 8.48. The van der Waals surface area contributed by atoms with E-state index >= 15 is 0 Å². The lowest BCUT2D eigenvalue weighted by molar-refractivity contribution is -0.143. The van der Waals surface area contributed by atoms with Gasteiger partial charge in [0.1, 0.15) is 0 Å². The van der Waals surface area contributed by atoms with Gasteiger partial charge in [-0.05, 0) is 51.6 Å². The van der Waals surface area contributed by atoms with Crippen molar-refractivity contribution in [2.75, 3.05) is 46.6 Å². The topological polar surface area (TPSA) is 59.0 Å². The van der Waals surface area contributed by atoms with Gasteiger partial charge < -0.3 is 19.5 Å². The highest BCUT2D eigenvalue weighted by Crippen LogP contribution is 2.09. The van der Waals surface area contributed by atoms with E-state index in [1.807, 2.05) is 0 Å². The molecule has 0 aromatic heterocycles. The largest absolute Gasteiger partial charge is 0.466 e. The predicted octanol–water partition coefficient (Wildman–Crippen LogP) is 5.73. The van der Waals surface area contributed by atoms with Crippen molar-refractivity contribution in [2.45, 2.75) is 110 Å². The Bertz CT molecular complexity index is 352. The Morgan fingerprint density at radius 2 is 1.23 bits per heavy atom. The van der Waals surface area contributed by atoms with Gasteiger partial charge in [0.2, 0.25) is 0 Å². The van der Waals surface area contributed by atoms with Gasteiger partial charge in [-0.25, -0.2) is 0 Å². The van der Waals surface area contributed by atoms with Crippen LogP contribution in [0.2, 0.25) is 0 Å². The minimum Gasteiger partial charge on any atom is -0.466 e. The molecule has 0 saturated carbocycles. The minimum absolute atomic E-state index is 0.0245. The molecule has 1 N–H and O–H groups in total. The van der Waals surface area contributed by atoms with Gasteiger partial charge in [-0.1, -0.05) is 64.7 Å². The number of carbonyl (C=O) groups is 1. The maximum Gasteiger partial charge on any atom is 0.305 e. The van der Waals surface area contributed by atoms with Crippen LogP contribution in [0, 0.1) is 0 Å². The van der Waals surface area contributed by atoms with Crippen molar-refractivity contribution in [3.8, 4) is 0 Å². The fourth-order valence-electron chi connectivity index (χ4n) is 3.69. The van der Waals surface area contributed by atoms with Gasteiger partial charge in [0, 0.05) is 26.7 Å². The molecule has 180 valence electrons. The Morgan fingerprint density at radius 1 is 0.700 bits per heavy atom. The summed E-state index contributed by atoms with van der Waals surface area (Å²) in [7, 11) is 1.75. The van der Waals surface area contributed by atoms with E-state index in [-0.39, 0.29) is 12.6 Å². The molecule has 0 aromatic rings. The van der Waals surface area contributed by atoms with E-state index in [0.29, 0.717) is 13.0 Å². The van der Waals surface area contributed by atoms with Gasteiger partial charge in [-0.3, -0.25) is 4.79 Å². The lowest BCUT2D eigenvalue weighted by Gasteiger charge is -2.21. The molecule has 0 fully saturated rings. The van der Waals surface area contributed by atoms with Crippen LogP contribution >= 0.6 is 0 Å². The summed E-state index contributed by atoms with van der Waals surface area (Å²) in [4.78, 5) is 14.1. The average Bonchev–Trinajstić information content (AvgIpc) is 2.74. The number of unbranched alkanes of at least 4 members (excludes halogenated alkanes) is 12. The van der Waals surface area contributed by atoms with Crippen LogP contribution in [0.25, 0.3) is 0 Å². The van der Waals surface area contributed by atoms with E-state index in [9.17, 15) is 9.90 Å². The number of carbonyl (C=O) groups excluding carboxylic acids is 1. The van der Waals surface area contributed by atoms with Crippen molar-refractivity contribution in [3.63, 3.8) is 0 Å². The van der Waals surface area contributed by atoms with Crippen molar-refractivity contribution in [1.82, 2.24) is 4.90 Å². The summed E-state index contributed by atoms with van der Waals surface area (Å²) in [6.07, 6.45) is 18.3. The van der Waals surface area contributed by atoms with Gasteiger partial charge in [0.25, 0.3) is 0 Å². The summed E-state index contributed by atoms with van der Waals surface area (Å²) < 4.78 is 10.4. The Balaban J connectivity index is 3.45. The number of esters is 1. The molecule has 0 rings (SSSR count). The fourth-order valence-corrected chi connectivity index (χ4v) is 3.69. The summed E-state index contributed by atoms with van der Waals surface area (Å²) in [5.41, 5.74) is 0. The molecule has 0 saturated heterocycles. The third-order valence-corrected chi connectivity index (χ3v) is 5.61. The zero-order valence-electron chi connectivity index (χ0n) is 20.2. The minimum atomic E-state index is -0.0245. The first-order chi connectivity index (χ1) is 14.7. The van der Waals surface area contributed by atoms with Crippen molar-refractivity contribution < 1.29 is 19.4 Å². The highest BCUT2D eigenvalue weighted by atomic mass is 16.5. The highest BCUT2D eigenvalue weighted by Gasteiger charge is 2.05. The SMILES string of the molecule is CCCCCCCCCOC(=O)CCCCCCCN(CCO)CCCCCOC. The van der Waals surface area contributed by atoms with Gasteiger partial charge in [0.15, 0.2) is 0 Å². The number of ether oxygens (including phenoxy) is 2. The molecule has 0 aromatic carbocycles. The molecule has 0 unspecified atom stereocenters. The molecule has 30 heavy (non-hydrogen) atoms. The molecule has 5 nitrogen and oxygen atoms in total. The van der Waals surface area contributed by atoms with E-state index in [4.69, 9.17) is 9.47 Å². The maximum atomic E-state index is 11.8. The third-order valence-electron chi connectivity index (χ3n) is 5.61. The summed E-state index contributed by atoms with van der Waals surface area (Å²) in [6.45, 7) is 6.81. The van der Waals surface area contributed by atoms with Gasteiger partial charge in [0.05, 0.1) is 13.2 Å². The smallest absolute Gasteiger partial charge is 0.305 e. The highest BCUT2D eigenvalue weighted by molar-refractivity contribution is 5.69. The summed E-state index contributed by atoms with van der Waals surface area (Å²) >= 11 is 0. The average molecular weight is 430 g/mol. The predicted molar refractivity (Wildman–Crippen MR) is 126 cm³/mol. The standard InChI is InChI=1S/C25H51NO4/c1-3-4-5-6-7-11-17-24-30-25(28)18-13-9-8-10-14-19-26(21-22-27)20-15-12-16-23-29-2/h27H,3-24H2,1-2H3. The van der Waals surface area contributed by atoms with Gasteiger partial charge in [-0.2, -0.15) is 0 Å². The van der Waals surface area contributed by atoms with Crippen molar-refractivity contribution in [3.05, 3.63) is 0 Å². The first-order valence-electron chi connectivity index (χ1n) is 12.7. The molecule has 5 heteroatoms. The van der Waals surface area contributed by atoms with E-state index < -0.39 is 0 Å². The van der Waals surface area contributed by atoms with Crippen molar-refractivity contribution >= 4 is 5.97 Å². The molecule has 0 aliphatic rings. The second-order valence-corrected chi connectivity index (χ2v) is 8.48.